The molecule has 0 aromatic carbocycles. The van der Waals surface area contributed by atoms with Gasteiger partial charge in [-0.2, -0.15) is 10.0 Å². The second-order valence-electron chi connectivity index (χ2n) is 1.47. The Kier molecular flexibility index (Phi) is 1.48. The summed E-state index contributed by atoms with van der Waals surface area (Å²) in [6, 6.07) is 0. The van der Waals surface area contributed by atoms with Gasteiger partial charge in [0.05, 0.1) is 6.54 Å². The third kappa shape index (κ3) is 1.56. The van der Waals surface area contributed by atoms with E-state index in [1.54, 1.807) is 6.21 Å². The highest BCUT2D eigenvalue weighted by molar-refractivity contribution is 5.58. The number of hydroxylamine groups is 1. The molecule has 1 aliphatic heterocycles. The SMILES string of the molecule is O=[N+]([O-])ON1CCC=N1. The lowest BCUT2D eigenvalue weighted by atomic mass is 10.5. The zero-order valence-corrected chi connectivity index (χ0v) is 4.56. The average Bonchev–Trinajstić information content (AvgIpc) is 2.15. The van der Waals surface area contributed by atoms with Crippen LogP contribution in [0.5, 0.6) is 0 Å². The topological polar surface area (TPSA) is 68.0 Å². The van der Waals surface area contributed by atoms with E-state index >= 15 is 0 Å². The lowest BCUT2D eigenvalue weighted by molar-refractivity contribution is -0.810. The molecule has 0 fully saturated rings. The van der Waals surface area contributed by atoms with E-state index in [0.717, 1.165) is 5.17 Å². The molecule has 0 aromatic rings. The van der Waals surface area contributed by atoms with Crippen molar-refractivity contribution in [2.24, 2.45) is 5.10 Å². The van der Waals surface area contributed by atoms with Crippen LogP contribution in [0.1, 0.15) is 6.42 Å². The van der Waals surface area contributed by atoms with Gasteiger partial charge in [-0.3, -0.25) is 0 Å². The molecular formula is C3H5N3O3. The second kappa shape index (κ2) is 2.29. The summed E-state index contributed by atoms with van der Waals surface area (Å²) in [5.41, 5.74) is 0. The van der Waals surface area contributed by atoms with Crippen LogP contribution in [0.4, 0.5) is 0 Å². The van der Waals surface area contributed by atoms with Gasteiger partial charge < -0.3 is 0 Å². The van der Waals surface area contributed by atoms with Gasteiger partial charge in [-0.15, -0.1) is 15.3 Å². The molecular weight excluding hydrogens is 126 g/mol. The number of hydrogen-bond donors (Lipinski definition) is 0. The Labute approximate surface area is 50.8 Å². The fraction of sp³-hybridized carbons (Fsp3) is 0.667. The van der Waals surface area contributed by atoms with Crippen molar-refractivity contribution in [2.45, 2.75) is 6.42 Å². The van der Waals surface area contributed by atoms with E-state index in [2.05, 4.69) is 10.0 Å². The van der Waals surface area contributed by atoms with E-state index < -0.39 is 5.09 Å². The molecule has 1 aliphatic rings. The monoisotopic (exact) mass is 131 g/mol. The van der Waals surface area contributed by atoms with E-state index in [4.69, 9.17) is 0 Å². The van der Waals surface area contributed by atoms with E-state index in [1.807, 2.05) is 0 Å². The van der Waals surface area contributed by atoms with Gasteiger partial charge in [0, 0.05) is 12.6 Å². The molecule has 9 heavy (non-hydrogen) atoms. The molecule has 6 heteroatoms. The molecule has 0 atom stereocenters. The van der Waals surface area contributed by atoms with Crippen LogP contribution in [-0.4, -0.2) is 23.0 Å². The maximum Gasteiger partial charge on any atom is 0.318 e. The first-order chi connectivity index (χ1) is 4.29. The minimum Gasteiger partial charge on any atom is -0.171 e. The fourth-order valence-corrected chi connectivity index (χ4v) is 0.514. The van der Waals surface area contributed by atoms with Gasteiger partial charge in [0.15, 0.2) is 0 Å². The van der Waals surface area contributed by atoms with Crippen LogP contribution in [0.25, 0.3) is 0 Å². The van der Waals surface area contributed by atoms with Crippen molar-refractivity contribution < 1.29 is 10.0 Å². The fourth-order valence-electron chi connectivity index (χ4n) is 0.514. The number of hydrazone groups is 1. The van der Waals surface area contributed by atoms with E-state index in [0.29, 0.717) is 13.0 Å². The lowest BCUT2D eigenvalue weighted by Gasteiger charge is -2.06. The third-order valence-electron chi connectivity index (χ3n) is 0.821. The summed E-state index contributed by atoms with van der Waals surface area (Å²) in [7, 11) is 0. The first-order valence-electron chi connectivity index (χ1n) is 2.41. The summed E-state index contributed by atoms with van der Waals surface area (Å²) < 4.78 is 0. The highest BCUT2D eigenvalue weighted by Gasteiger charge is 2.08. The molecule has 0 aliphatic carbocycles. The summed E-state index contributed by atoms with van der Waals surface area (Å²) in [4.78, 5) is 13.6. The molecule has 0 aromatic heterocycles. The molecule has 0 amide bonds. The van der Waals surface area contributed by atoms with Gasteiger partial charge in [0.25, 0.3) is 0 Å². The quantitative estimate of drug-likeness (QED) is 0.384. The summed E-state index contributed by atoms with van der Waals surface area (Å²) in [5.74, 6) is 0. The Bertz CT molecular complexity index is 145. The van der Waals surface area contributed by atoms with Crippen molar-refractivity contribution in [3.63, 3.8) is 0 Å². The Morgan fingerprint density at radius 3 is 3.11 bits per heavy atom. The molecule has 0 bridgehead atoms. The van der Waals surface area contributed by atoms with Gasteiger partial charge in [-0.1, -0.05) is 0 Å². The maximum absolute atomic E-state index is 9.62. The second-order valence-corrected chi connectivity index (χ2v) is 1.47. The standard InChI is InChI=1S/C3H5N3O3/c7-6(8)9-5-3-1-2-4-5/h2H,1,3H2. The molecule has 0 saturated carbocycles. The number of rotatable bonds is 2. The molecule has 1 heterocycles. The van der Waals surface area contributed by atoms with Crippen LogP contribution in [0.15, 0.2) is 5.10 Å². The van der Waals surface area contributed by atoms with E-state index in [9.17, 15) is 10.1 Å². The highest BCUT2D eigenvalue weighted by Crippen LogP contribution is 1.98. The first-order valence-corrected chi connectivity index (χ1v) is 2.41. The summed E-state index contributed by atoms with van der Waals surface area (Å²) in [5, 5.41) is 13.2. The Hall–Kier alpha value is -1.33. The molecule has 50 valence electrons. The van der Waals surface area contributed by atoms with Gasteiger partial charge in [-0.25, -0.2) is 0 Å². The predicted molar refractivity (Wildman–Crippen MR) is 27.9 cm³/mol. The molecule has 0 unspecified atom stereocenters. The zero-order valence-electron chi connectivity index (χ0n) is 4.56. The van der Waals surface area contributed by atoms with Crippen molar-refractivity contribution in [3.05, 3.63) is 10.1 Å². The molecule has 0 saturated heterocycles. The third-order valence-corrected chi connectivity index (χ3v) is 0.821. The van der Waals surface area contributed by atoms with E-state index in [-0.39, 0.29) is 0 Å². The lowest BCUT2D eigenvalue weighted by Crippen LogP contribution is -2.18. The summed E-state index contributed by atoms with van der Waals surface area (Å²) in [6.07, 6.45) is 2.26. The zero-order chi connectivity index (χ0) is 6.69. The van der Waals surface area contributed by atoms with Gasteiger partial charge in [0.1, 0.15) is 0 Å². The predicted octanol–water partition coefficient (Wildman–Crippen LogP) is -0.199. The van der Waals surface area contributed by atoms with Crippen molar-refractivity contribution in [3.8, 4) is 0 Å². The van der Waals surface area contributed by atoms with Crippen LogP contribution in [-0.2, 0) is 4.94 Å². The molecule has 0 radical (unpaired) electrons. The minimum absolute atomic E-state index is 0.459. The average molecular weight is 131 g/mol. The molecule has 6 nitrogen and oxygen atoms in total. The van der Waals surface area contributed by atoms with Crippen LogP contribution in [0.2, 0.25) is 0 Å². The molecule has 1 rings (SSSR count). The van der Waals surface area contributed by atoms with Crippen LogP contribution in [0.3, 0.4) is 0 Å². The van der Waals surface area contributed by atoms with Crippen molar-refractivity contribution in [1.82, 2.24) is 5.17 Å². The first kappa shape index (κ1) is 5.80. The summed E-state index contributed by atoms with van der Waals surface area (Å²) >= 11 is 0. The van der Waals surface area contributed by atoms with Crippen molar-refractivity contribution in [1.29, 1.82) is 0 Å². The largest absolute Gasteiger partial charge is 0.318 e. The number of hydrogen-bond acceptors (Lipinski definition) is 5. The van der Waals surface area contributed by atoms with E-state index in [1.165, 1.54) is 0 Å². The Morgan fingerprint density at radius 1 is 1.89 bits per heavy atom. The van der Waals surface area contributed by atoms with Crippen LogP contribution >= 0.6 is 0 Å². The van der Waals surface area contributed by atoms with Gasteiger partial charge in [0.2, 0.25) is 0 Å². The summed E-state index contributed by atoms with van der Waals surface area (Å²) in [6.45, 7) is 0.459. The van der Waals surface area contributed by atoms with Gasteiger partial charge in [-0.05, 0) is 0 Å². The highest BCUT2D eigenvalue weighted by atomic mass is 17.0. The Balaban J connectivity index is 2.28. The normalized spacial score (nSPS) is 16.2. The smallest absolute Gasteiger partial charge is 0.171 e. The maximum atomic E-state index is 9.62. The van der Waals surface area contributed by atoms with Gasteiger partial charge >= 0.3 is 5.09 Å². The Morgan fingerprint density at radius 2 is 2.67 bits per heavy atom. The molecule has 0 N–H and O–H groups in total. The molecule has 0 spiro atoms. The minimum atomic E-state index is -0.886. The van der Waals surface area contributed by atoms with Crippen LogP contribution in [0, 0.1) is 10.1 Å². The van der Waals surface area contributed by atoms with Crippen molar-refractivity contribution >= 4 is 6.21 Å². The number of nitrogens with zero attached hydrogens (tertiary/aromatic N) is 3. The van der Waals surface area contributed by atoms with Crippen molar-refractivity contribution in [2.75, 3.05) is 6.54 Å². The van der Waals surface area contributed by atoms with Crippen LogP contribution < -0.4 is 0 Å².